The third-order valence-corrected chi connectivity index (χ3v) is 3.19. The largest absolute Gasteiger partial charge is 0.345 e. The molecule has 0 fully saturated rings. The van der Waals surface area contributed by atoms with Crippen molar-refractivity contribution in [3.05, 3.63) is 39.1 Å². The quantitative estimate of drug-likeness (QED) is 0.900. The van der Waals surface area contributed by atoms with Crippen LogP contribution in [0.25, 0.3) is 0 Å². The van der Waals surface area contributed by atoms with Gasteiger partial charge in [0.2, 0.25) is 0 Å². The molecule has 17 heavy (non-hydrogen) atoms. The fraction of sp³-hybridized carbons (Fsp3) is 0.111. The van der Waals surface area contributed by atoms with Crippen LogP contribution in [0.3, 0.4) is 0 Å². The summed E-state index contributed by atoms with van der Waals surface area (Å²) in [5.41, 5.74) is 0.504. The number of benzene rings is 1. The first-order chi connectivity index (χ1) is 8.16. The highest BCUT2D eigenvalue weighted by Gasteiger charge is 2.08. The van der Waals surface area contributed by atoms with Crippen LogP contribution < -0.4 is 5.32 Å². The Labute approximate surface area is 110 Å². The Bertz CT molecular complexity index is 530. The fourth-order valence-corrected chi connectivity index (χ4v) is 1.65. The van der Waals surface area contributed by atoms with Crippen molar-refractivity contribution in [2.45, 2.75) is 6.54 Å². The molecule has 0 saturated heterocycles. The first-order valence-corrected chi connectivity index (χ1v) is 5.79. The first kappa shape index (κ1) is 12.0. The minimum atomic E-state index is -0.229. The molecular weight excluding hydrogens is 309 g/mol. The standard InChI is InChI=1S/C9H7BrClN5O/c10-6-3-5(1-2-7(6)11)9(17)12-4-8-13-15-16-14-8/h1-3H,4H2,(H,12,17)(H,13,14,15,16). The van der Waals surface area contributed by atoms with Crippen LogP contribution in [-0.4, -0.2) is 26.5 Å². The zero-order chi connectivity index (χ0) is 12.3. The van der Waals surface area contributed by atoms with Crippen LogP contribution in [0.2, 0.25) is 5.02 Å². The molecule has 88 valence electrons. The molecule has 2 N–H and O–H groups in total. The first-order valence-electron chi connectivity index (χ1n) is 4.62. The lowest BCUT2D eigenvalue weighted by Gasteiger charge is -2.03. The van der Waals surface area contributed by atoms with Crippen molar-refractivity contribution >= 4 is 33.4 Å². The maximum atomic E-state index is 11.7. The molecule has 0 radical (unpaired) electrons. The zero-order valence-corrected chi connectivity index (χ0v) is 10.8. The molecule has 0 aliphatic heterocycles. The predicted molar refractivity (Wildman–Crippen MR) is 64.5 cm³/mol. The van der Waals surface area contributed by atoms with Crippen LogP contribution in [0.1, 0.15) is 16.2 Å². The molecule has 0 bridgehead atoms. The number of halogens is 2. The summed E-state index contributed by atoms with van der Waals surface area (Å²) in [7, 11) is 0. The highest BCUT2D eigenvalue weighted by Crippen LogP contribution is 2.23. The van der Waals surface area contributed by atoms with Gasteiger partial charge in [0.25, 0.3) is 5.91 Å². The van der Waals surface area contributed by atoms with Crippen molar-refractivity contribution in [2.24, 2.45) is 0 Å². The van der Waals surface area contributed by atoms with E-state index in [0.29, 0.717) is 20.9 Å². The van der Waals surface area contributed by atoms with Gasteiger partial charge in [0, 0.05) is 10.0 Å². The van der Waals surface area contributed by atoms with Gasteiger partial charge in [-0.2, -0.15) is 5.21 Å². The van der Waals surface area contributed by atoms with Crippen LogP contribution in [0.4, 0.5) is 0 Å². The number of tetrazole rings is 1. The second kappa shape index (κ2) is 5.24. The number of aromatic nitrogens is 4. The summed E-state index contributed by atoms with van der Waals surface area (Å²) in [4.78, 5) is 11.7. The van der Waals surface area contributed by atoms with Gasteiger partial charge in [0.05, 0.1) is 11.6 Å². The van der Waals surface area contributed by atoms with Gasteiger partial charge in [-0.25, -0.2) is 0 Å². The van der Waals surface area contributed by atoms with E-state index in [9.17, 15) is 4.79 Å². The lowest BCUT2D eigenvalue weighted by Crippen LogP contribution is -2.23. The van der Waals surface area contributed by atoms with Gasteiger partial charge in [-0.15, -0.1) is 10.2 Å². The molecule has 2 rings (SSSR count). The van der Waals surface area contributed by atoms with Crippen molar-refractivity contribution in [1.82, 2.24) is 25.9 Å². The molecule has 8 heteroatoms. The number of hydrogen-bond acceptors (Lipinski definition) is 4. The Morgan fingerprint density at radius 3 is 3.00 bits per heavy atom. The van der Waals surface area contributed by atoms with Gasteiger partial charge in [-0.1, -0.05) is 16.8 Å². The molecule has 0 unspecified atom stereocenters. The summed E-state index contributed by atoms with van der Waals surface area (Å²) in [6.07, 6.45) is 0. The molecule has 1 heterocycles. The molecule has 0 spiro atoms. The lowest BCUT2D eigenvalue weighted by atomic mass is 10.2. The molecule has 1 aromatic carbocycles. The van der Waals surface area contributed by atoms with Crippen LogP contribution in [0, 0.1) is 0 Å². The number of rotatable bonds is 3. The fourth-order valence-electron chi connectivity index (χ4n) is 1.16. The van der Waals surface area contributed by atoms with E-state index in [4.69, 9.17) is 11.6 Å². The van der Waals surface area contributed by atoms with Crippen LogP contribution >= 0.6 is 27.5 Å². The number of H-pyrrole nitrogens is 1. The van der Waals surface area contributed by atoms with Gasteiger partial charge in [0.1, 0.15) is 0 Å². The molecule has 2 aromatic rings. The van der Waals surface area contributed by atoms with E-state index in [-0.39, 0.29) is 12.5 Å². The zero-order valence-electron chi connectivity index (χ0n) is 8.44. The van der Waals surface area contributed by atoms with Crippen molar-refractivity contribution in [3.8, 4) is 0 Å². The molecular formula is C9H7BrClN5O. The summed E-state index contributed by atoms with van der Waals surface area (Å²) in [5, 5.41) is 16.3. The Kier molecular flexibility index (Phi) is 3.70. The number of carbonyl (C=O) groups excluding carboxylic acids is 1. The second-order valence-electron chi connectivity index (χ2n) is 3.14. The minimum Gasteiger partial charge on any atom is -0.345 e. The van der Waals surface area contributed by atoms with Gasteiger partial charge in [-0.05, 0) is 34.1 Å². The van der Waals surface area contributed by atoms with Crippen molar-refractivity contribution in [3.63, 3.8) is 0 Å². The number of amides is 1. The average molecular weight is 317 g/mol. The van der Waals surface area contributed by atoms with Crippen LogP contribution in [0.15, 0.2) is 22.7 Å². The maximum Gasteiger partial charge on any atom is 0.251 e. The molecule has 6 nitrogen and oxygen atoms in total. The van der Waals surface area contributed by atoms with Crippen molar-refractivity contribution in [1.29, 1.82) is 0 Å². The summed E-state index contributed by atoms with van der Waals surface area (Å²) in [5.74, 6) is 0.193. The van der Waals surface area contributed by atoms with Gasteiger partial charge < -0.3 is 5.32 Å². The predicted octanol–water partition coefficient (Wildman–Crippen LogP) is 1.55. The van der Waals surface area contributed by atoms with E-state index in [0.717, 1.165) is 0 Å². The maximum absolute atomic E-state index is 11.7. The summed E-state index contributed by atoms with van der Waals surface area (Å²) in [6, 6.07) is 4.93. The van der Waals surface area contributed by atoms with Gasteiger partial charge >= 0.3 is 0 Å². The summed E-state index contributed by atoms with van der Waals surface area (Å²) < 4.78 is 0.673. The monoisotopic (exact) mass is 315 g/mol. The molecule has 0 saturated carbocycles. The average Bonchev–Trinajstić information content (AvgIpc) is 2.82. The molecule has 1 amide bonds. The summed E-state index contributed by atoms with van der Waals surface area (Å²) in [6.45, 7) is 0.218. The normalized spacial score (nSPS) is 10.2. The highest BCUT2D eigenvalue weighted by molar-refractivity contribution is 9.10. The molecule has 0 aliphatic rings. The molecule has 0 atom stereocenters. The topological polar surface area (TPSA) is 83.6 Å². The van der Waals surface area contributed by atoms with Gasteiger partial charge in [0.15, 0.2) is 5.82 Å². The summed E-state index contributed by atoms with van der Waals surface area (Å²) >= 11 is 9.09. The van der Waals surface area contributed by atoms with Crippen LogP contribution in [0.5, 0.6) is 0 Å². The number of hydrogen-bond donors (Lipinski definition) is 2. The van der Waals surface area contributed by atoms with Gasteiger partial charge in [-0.3, -0.25) is 4.79 Å². The SMILES string of the molecule is O=C(NCc1nn[nH]n1)c1ccc(Cl)c(Br)c1. The third-order valence-electron chi connectivity index (χ3n) is 1.98. The number of aromatic amines is 1. The smallest absolute Gasteiger partial charge is 0.251 e. The van der Waals surface area contributed by atoms with E-state index in [1.54, 1.807) is 18.2 Å². The van der Waals surface area contributed by atoms with Crippen molar-refractivity contribution in [2.75, 3.05) is 0 Å². The number of nitrogens with zero attached hydrogens (tertiary/aromatic N) is 3. The van der Waals surface area contributed by atoms with E-state index in [1.165, 1.54) is 0 Å². The Hall–Kier alpha value is -1.47. The minimum absolute atomic E-state index is 0.218. The number of carbonyl (C=O) groups is 1. The van der Waals surface area contributed by atoms with E-state index < -0.39 is 0 Å². The van der Waals surface area contributed by atoms with Crippen molar-refractivity contribution < 1.29 is 4.79 Å². The van der Waals surface area contributed by atoms with E-state index in [1.807, 2.05) is 0 Å². The Morgan fingerprint density at radius 1 is 1.53 bits per heavy atom. The Morgan fingerprint density at radius 2 is 2.35 bits per heavy atom. The highest BCUT2D eigenvalue weighted by atomic mass is 79.9. The third kappa shape index (κ3) is 3.01. The molecule has 0 aliphatic carbocycles. The Balaban J connectivity index is 2.02. The van der Waals surface area contributed by atoms with Crippen LogP contribution in [-0.2, 0) is 6.54 Å². The molecule has 1 aromatic heterocycles. The van der Waals surface area contributed by atoms with E-state index >= 15 is 0 Å². The number of nitrogens with one attached hydrogen (secondary N) is 2. The lowest BCUT2D eigenvalue weighted by molar-refractivity contribution is 0.0950. The van der Waals surface area contributed by atoms with E-state index in [2.05, 4.69) is 41.9 Å². The second-order valence-corrected chi connectivity index (χ2v) is 4.40.